The van der Waals surface area contributed by atoms with E-state index in [4.69, 9.17) is 0 Å². The fourth-order valence-corrected chi connectivity index (χ4v) is 2.61. The van der Waals surface area contributed by atoms with Crippen LogP contribution in [0.1, 0.15) is 58.3 Å². The minimum absolute atomic E-state index is 0.0790. The highest BCUT2D eigenvalue weighted by Gasteiger charge is 2.25. The van der Waals surface area contributed by atoms with Crippen LogP contribution in [-0.4, -0.2) is 19.8 Å². The molecule has 1 N–H and O–H groups in total. The van der Waals surface area contributed by atoms with Crippen molar-refractivity contribution in [2.45, 2.75) is 76.2 Å². The van der Waals surface area contributed by atoms with Crippen LogP contribution in [0.5, 0.6) is 0 Å². The maximum Gasteiger partial charge on any atom is 0.293 e. The summed E-state index contributed by atoms with van der Waals surface area (Å²) in [6, 6.07) is 0. The van der Waals surface area contributed by atoms with Gasteiger partial charge < -0.3 is 5.02 Å². The maximum atomic E-state index is 9.32. The number of hydrogen-bond acceptors (Lipinski definition) is 1. The standard InChI is InChI=1S/C12H24B2O/c1-12(14-15)9-5-3-4-7-11(13-2)8-6-10-12/h11,15H,3-10H2,1-2H3. The summed E-state index contributed by atoms with van der Waals surface area (Å²) in [7, 11) is 3.81. The molecule has 0 aromatic heterocycles. The van der Waals surface area contributed by atoms with Crippen molar-refractivity contribution in [1.29, 1.82) is 0 Å². The number of hydrogen-bond donors (Lipinski definition) is 1. The fourth-order valence-electron chi connectivity index (χ4n) is 2.61. The van der Waals surface area contributed by atoms with Gasteiger partial charge in [0.25, 0.3) is 7.48 Å². The van der Waals surface area contributed by atoms with Gasteiger partial charge in [-0.3, -0.25) is 0 Å². The molecule has 1 aliphatic carbocycles. The summed E-state index contributed by atoms with van der Waals surface area (Å²) in [5.41, 5.74) is 0. The van der Waals surface area contributed by atoms with Gasteiger partial charge in [0.05, 0.1) is 0 Å². The molecule has 1 nitrogen and oxygen atoms in total. The van der Waals surface area contributed by atoms with E-state index in [2.05, 4.69) is 21.0 Å². The molecular formula is C12H24B2O. The molecule has 2 radical (unpaired) electrons. The van der Waals surface area contributed by atoms with E-state index in [0.29, 0.717) is 0 Å². The van der Waals surface area contributed by atoms with Gasteiger partial charge in [-0.2, -0.15) is 0 Å². The van der Waals surface area contributed by atoms with Crippen LogP contribution in [0.2, 0.25) is 18.0 Å². The third kappa shape index (κ3) is 4.63. The van der Waals surface area contributed by atoms with Crippen molar-refractivity contribution in [2.24, 2.45) is 0 Å². The molecule has 1 saturated carbocycles. The second-order valence-corrected chi connectivity index (χ2v) is 5.37. The molecule has 0 saturated heterocycles. The molecule has 0 aromatic rings. The van der Waals surface area contributed by atoms with Crippen molar-refractivity contribution in [3.05, 3.63) is 0 Å². The Bertz CT molecular complexity index is 175. The van der Waals surface area contributed by atoms with Crippen LogP contribution < -0.4 is 0 Å². The Morgan fingerprint density at radius 1 is 1.07 bits per heavy atom. The maximum absolute atomic E-state index is 9.32. The minimum Gasteiger partial charge on any atom is -0.454 e. The molecule has 0 heterocycles. The summed E-state index contributed by atoms with van der Waals surface area (Å²) >= 11 is 0. The third-order valence-corrected chi connectivity index (χ3v) is 3.93. The molecule has 15 heavy (non-hydrogen) atoms. The Morgan fingerprint density at radius 2 is 1.73 bits per heavy atom. The molecule has 1 fully saturated rings. The largest absolute Gasteiger partial charge is 0.454 e. The van der Waals surface area contributed by atoms with E-state index in [1.165, 1.54) is 46.0 Å². The van der Waals surface area contributed by atoms with Crippen molar-refractivity contribution in [3.8, 4) is 0 Å². The molecule has 3 heteroatoms. The van der Waals surface area contributed by atoms with Crippen LogP contribution in [0.15, 0.2) is 0 Å². The van der Waals surface area contributed by atoms with Crippen molar-refractivity contribution in [2.75, 3.05) is 0 Å². The highest BCUT2D eigenvalue weighted by atomic mass is 16.2. The van der Waals surface area contributed by atoms with Crippen LogP contribution >= 0.6 is 0 Å². The molecule has 0 amide bonds. The zero-order chi connectivity index (χ0) is 11.1. The summed E-state index contributed by atoms with van der Waals surface area (Å²) in [4.78, 5) is 0. The van der Waals surface area contributed by atoms with E-state index in [1.807, 2.05) is 0 Å². The van der Waals surface area contributed by atoms with Crippen LogP contribution in [0.3, 0.4) is 0 Å². The van der Waals surface area contributed by atoms with E-state index < -0.39 is 0 Å². The lowest BCUT2D eigenvalue weighted by Gasteiger charge is -2.28. The summed E-state index contributed by atoms with van der Waals surface area (Å²) in [6.07, 6.45) is 10.2. The average Bonchev–Trinajstić information content (AvgIpc) is 2.26. The SMILES string of the molecule is C[B]C1CCCCCC(C)([B]O)CCC1. The Labute approximate surface area is 96.6 Å². The monoisotopic (exact) mass is 206 g/mol. The van der Waals surface area contributed by atoms with Crippen LogP contribution in [0.25, 0.3) is 0 Å². The second-order valence-electron chi connectivity index (χ2n) is 5.37. The second kappa shape index (κ2) is 6.62. The first kappa shape index (κ1) is 13.2. The lowest BCUT2D eigenvalue weighted by Crippen LogP contribution is -2.18. The predicted molar refractivity (Wildman–Crippen MR) is 68.6 cm³/mol. The van der Waals surface area contributed by atoms with E-state index in [9.17, 15) is 5.02 Å². The molecule has 0 bridgehead atoms. The Balaban J connectivity index is 2.43. The Hall–Kier alpha value is 0.0899. The quantitative estimate of drug-likeness (QED) is 0.685. The van der Waals surface area contributed by atoms with Gasteiger partial charge in [0.15, 0.2) is 0 Å². The van der Waals surface area contributed by atoms with E-state index in [1.54, 1.807) is 0 Å². The molecule has 0 aromatic carbocycles. The minimum atomic E-state index is 0.0790. The molecular weight excluding hydrogens is 182 g/mol. The Morgan fingerprint density at radius 3 is 2.40 bits per heavy atom. The van der Waals surface area contributed by atoms with Gasteiger partial charge in [0, 0.05) is 0 Å². The van der Waals surface area contributed by atoms with Crippen LogP contribution in [0, 0.1) is 0 Å². The molecule has 1 rings (SSSR count). The summed E-state index contributed by atoms with van der Waals surface area (Å²) in [6.45, 7) is 4.38. The molecule has 2 unspecified atom stereocenters. The van der Waals surface area contributed by atoms with Crippen LogP contribution in [0.4, 0.5) is 0 Å². The lowest BCUT2D eigenvalue weighted by atomic mass is 9.57. The van der Waals surface area contributed by atoms with Crippen molar-refractivity contribution < 1.29 is 5.02 Å². The first-order valence-corrected chi connectivity index (χ1v) is 6.48. The zero-order valence-corrected chi connectivity index (χ0v) is 10.3. The van der Waals surface area contributed by atoms with E-state index in [0.717, 1.165) is 18.7 Å². The van der Waals surface area contributed by atoms with Crippen LogP contribution in [-0.2, 0) is 0 Å². The summed E-state index contributed by atoms with van der Waals surface area (Å²) in [5, 5.41) is 9.40. The highest BCUT2D eigenvalue weighted by molar-refractivity contribution is 6.35. The smallest absolute Gasteiger partial charge is 0.293 e. The van der Waals surface area contributed by atoms with Crippen molar-refractivity contribution in [1.82, 2.24) is 0 Å². The van der Waals surface area contributed by atoms with Crippen molar-refractivity contribution >= 4 is 14.8 Å². The fraction of sp³-hybridized carbons (Fsp3) is 1.00. The van der Waals surface area contributed by atoms with Gasteiger partial charge in [0.2, 0.25) is 0 Å². The van der Waals surface area contributed by atoms with Gasteiger partial charge in [-0.15, -0.1) is 0 Å². The molecule has 2 atom stereocenters. The highest BCUT2D eigenvalue weighted by Crippen LogP contribution is 2.39. The third-order valence-electron chi connectivity index (χ3n) is 3.93. The Kier molecular flexibility index (Phi) is 5.81. The average molecular weight is 206 g/mol. The lowest BCUT2D eigenvalue weighted by molar-refractivity contribution is 0.396. The summed E-state index contributed by atoms with van der Waals surface area (Å²) < 4.78 is 0. The van der Waals surface area contributed by atoms with Gasteiger partial charge >= 0.3 is 0 Å². The normalized spacial score (nSPS) is 34.5. The topological polar surface area (TPSA) is 20.2 Å². The first-order chi connectivity index (χ1) is 7.20. The van der Waals surface area contributed by atoms with Gasteiger partial charge in [-0.25, -0.2) is 0 Å². The van der Waals surface area contributed by atoms with E-state index >= 15 is 0 Å². The van der Waals surface area contributed by atoms with Gasteiger partial charge in [0.1, 0.15) is 7.28 Å². The summed E-state index contributed by atoms with van der Waals surface area (Å²) in [5.74, 6) is 0.811. The first-order valence-electron chi connectivity index (χ1n) is 6.48. The predicted octanol–water partition coefficient (Wildman–Crippen LogP) is 3.45. The van der Waals surface area contributed by atoms with E-state index in [-0.39, 0.29) is 5.31 Å². The van der Waals surface area contributed by atoms with Crippen molar-refractivity contribution in [3.63, 3.8) is 0 Å². The molecule has 84 valence electrons. The zero-order valence-electron chi connectivity index (χ0n) is 10.3. The molecule has 0 spiro atoms. The molecule has 0 aliphatic heterocycles. The van der Waals surface area contributed by atoms with Gasteiger partial charge in [-0.05, 0) is 5.31 Å². The van der Waals surface area contributed by atoms with Gasteiger partial charge in [-0.1, -0.05) is 70.9 Å². The molecule has 1 aliphatic rings. The number of rotatable bonds is 2.